The van der Waals surface area contributed by atoms with E-state index in [1.54, 1.807) is 24.3 Å². The number of oxime groups is 1. The second-order valence-electron chi connectivity index (χ2n) is 4.88. The van der Waals surface area contributed by atoms with Crippen LogP contribution in [0.5, 0.6) is 0 Å². The molecular formula is C14H17N3O4. The maximum atomic E-state index is 11.8. The van der Waals surface area contributed by atoms with Crippen LogP contribution in [-0.4, -0.2) is 30.0 Å². The molecule has 1 aromatic rings. The van der Waals surface area contributed by atoms with Crippen LogP contribution in [0.1, 0.15) is 30.0 Å². The predicted octanol–water partition coefficient (Wildman–Crippen LogP) is 0.521. The summed E-state index contributed by atoms with van der Waals surface area (Å²) in [6.07, 6.45) is 0.623. The summed E-state index contributed by atoms with van der Waals surface area (Å²) in [4.78, 5) is 23.1. The lowest BCUT2D eigenvalue weighted by atomic mass is 9.97. The third kappa shape index (κ3) is 3.31. The van der Waals surface area contributed by atoms with Gasteiger partial charge in [0.2, 0.25) is 5.91 Å². The number of nitrogens with zero attached hydrogens (tertiary/aromatic N) is 1. The van der Waals surface area contributed by atoms with E-state index in [9.17, 15) is 9.59 Å². The zero-order valence-corrected chi connectivity index (χ0v) is 11.6. The van der Waals surface area contributed by atoms with Gasteiger partial charge >= 0.3 is 5.97 Å². The van der Waals surface area contributed by atoms with Gasteiger partial charge in [0.1, 0.15) is 0 Å². The number of benzene rings is 1. The summed E-state index contributed by atoms with van der Waals surface area (Å²) >= 11 is 0. The van der Waals surface area contributed by atoms with Crippen molar-refractivity contribution >= 4 is 17.7 Å². The molecule has 1 aliphatic heterocycles. The van der Waals surface area contributed by atoms with Gasteiger partial charge in [-0.1, -0.05) is 29.4 Å². The van der Waals surface area contributed by atoms with E-state index in [0.29, 0.717) is 12.0 Å². The van der Waals surface area contributed by atoms with Crippen molar-refractivity contribution in [3.63, 3.8) is 0 Å². The van der Waals surface area contributed by atoms with Crippen molar-refractivity contribution in [2.75, 3.05) is 7.11 Å². The van der Waals surface area contributed by atoms with E-state index >= 15 is 0 Å². The van der Waals surface area contributed by atoms with Gasteiger partial charge in [-0.05, 0) is 12.0 Å². The minimum Gasteiger partial charge on any atom is -0.469 e. The first-order valence-electron chi connectivity index (χ1n) is 6.50. The van der Waals surface area contributed by atoms with Gasteiger partial charge in [-0.3, -0.25) is 9.59 Å². The average molecular weight is 291 g/mol. The molecule has 1 fully saturated rings. The predicted molar refractivity (Wildman–Crippen MR) is 74.6 cm³/mol. The Balaban J connectivity index is 2.06. The van der Waals surface area contributed by atoms with Gasteiger partial charge in [0.25, 0.3) is 0 Å². The molecule has 0 saturated carbocycles. The number of amidine groups is 1. The van der Waals surface area contributed by atoms with E-state index in [0.717, 1.165) is 5.56 Å². The van der Waals surface area contributed by atoms with Gasteiger partial charge in [-0.2, -0.15) is 0 Å². The standard InChI is InChI=1S/C14H17N3O4/c1-21-12(18)7-10-6-11(16-14(10)19)8-2-4-9(5-3-8)13(15)17-20/h2-5,10-11,20H,6-7H2,1H3,(H2,15,17)(H,16,19)/t10-,11-/m0/s1. The number of nitrogens with one attached hydrogen (secondary N) is 1. The first-order valence-corrected chi connectivity index (χ1v) is 6.50. The van der Waals surface area contributed by atoms with Crippen LogP contribution in [0.3, 0.4) is 0 Å². The number of hydrogen-bond donors (Lipinski definition) is 3. The SMILES string of the molecule is COC(=O)C[C@@H]1C[C@@H](c2ccc(C(N)=NO)cc2)NC1=O. The summed E-state index contributed by atoms with van der Waals surface area (Å²) in [6, 6.07) is 6.89. The zero-order valence-electron chi connectivity index (χ0n) is 11.6. The van der Waals surface area contributed by atoms with Crippen molar-refractivity contribution < 1.29 is 19.5 Å². The highest BCUT2D eigenvalue weighted by atomic mass is 16.5. The van der Waals surface area contributed by atoms with E-state index in [1.807, 2.05) is 0 Å². The molecule has 2 atom stereocenters. The van der Waals surface area contributed by atoms with Crippen molar-refractivity contribution in [1.29, 1.82) is 0 Å². The molecule has 21 heavy (non-hydrogen) atoms. The number of rotatable bonds is 4. The number of hydrogen-bond acceptors (Lipinski definition) is 5. The monoisotopic (exact) mass is 291 g/mol. The lowest BCUT2D eigenvalue weighted by molar-refractivity contribution is -0.143. The topological polar surface area (TPSA) is 114 Å². The van der Waals surface area contributed by atoms with E-state index in [2.05, 4.69) is 15.2 Å². The van der Waals surface area contributed by atoms with E-state index in [4.69, 9.17) is 10.9 Å². The normalized spacial score (nSPS) is 22.0. The van der Waals surface area contributed by atoms with Gasteiger partial charge < -0.3 is 21.0 Å². The van der Waals surface area contributed by atoms with Gasteiger partial charge in [0.15, 0.2) is 5.84 Å². The second kappa shape index (κ2) is 6.25. The molecule has 0 radical (unpaired) electrons. The highest BCUT2D eigenvalue weighted by Gasteiger charge is 2.34. The number of carbonyl (C=O) groups excluding carboxylic acids is 2. The smallest absolute Gasteiger partial charge is 0.306 e. The number of esters is 1. The molecule has 4 N–H and O–H groups in total. The Morgan fingerprint density at radius 1 is 1.48 bits per heavy atom. The van der Waals surface area contributed by atoms with Crippen molar-refractivity contribution in [3.8, 4) is 0 Å². The van der Waals surface area contributed by atoms with E-state index < -0.39 is 5.97 Å². The minimum atomic E-state index is -0.391. The van der Waals surface area contributed by atoms with Crippen molar-refractivity contribution in [3.05, 3.63) is 35.4 Å². The van der Waals surface area contributed by atoms with Gasteiger partial charge in [-0.15, -0.1) is 0 Å². The first kappa shape index (κ1) is 14.8. The molecule has 1 heterocycles. The Hall–Kier alpha value is -2.57. The largest absolute Gasteiger partial charge is 0.469 e. The Bertz CT molecular complexity index is 568. The highest BCUT2D eigenvalue weighted by Crippen LogP contribution is 2.30. The fourth-order valence-corrected chi connectivity index (χ4v) is 2.36. The molecular weight excluding hydrogens is 274 g/mol. The molecule has 0 aliphatic carbocycles. The molecule has 1 aromatic carbocycles. The number of nitrogens with two attached hydrogens (primary N) is 1. The Labute approximate surface area is 121 Å². The third-order valence-corrected chi connectivity index (χ3v) is 3.56. The number of amides is 1. The van der Waals surface area contributed by atoms with Crippen LogP contribution in [0.15, 0.2) is 29.4 Å². The van der Waals surface area contributed by atoms with Crippen LogP contribution in [0, 0.1) is 5.92 Å². The fraction of sp³-hybridized carbons (Fsp3) is 0.357. The maximum Gasteiger partial charge on any atom is 0.306 e. The Morgan fingerprint density at radius 2 is 2.14 bits per heavy atom. The molecule has 7 nitrogen and oxygen atoms in total. The fourth-order valence-electron chi connectivity index (χ4n) is 2.36. The molecule has 7 heteroatoms. The second-order valence-corrected chi connectivity index (χ2v) is 4.88. The first-order chi connectivity index (χ1) is 10.0. The highest BCUT2D eigenvalue weighted by molar-refractivity contribution is 5.97. The quantitative estimate of drug-likeness (QED) is 0.246. The molecule has 1 amide bonds. The number of methoxy groups -OCH3 is 1. The summed E-state index contributed by atoms with van der Waals surface area (Å²) in [5.41, 5.74) is 6.99. The lowest BCUT2D eigenvalue weighted by Crippen LogP contribution is -2.23. The maximum absolute atomic E-state index is 11.8. The Kier molecular flexibility index (Phi) is 4.42. The number of ether oxygens (including phenoxy) is 1. The van der Waals surface area contributed by atoms with Crippen LogP contribution in [0.4, 0.5) is 0 Å². The summed E-state index contributed by atoms with van der Waals surface area (Å²) in [7, 11) is 1.30. The molecule has 2 rings (SSSR count). The molecule has 1 aliphatic rings. The number of carbonyl (C=O) groups is 2. The molecule has 0 spiro atoms. The summed E-state index contributed by atoms with van der Waals surface area (Å²) in [5.74, 6) is -0.879. The van der Waals surface area contributed by atoms with Crippen LogP contribution < -0.4 is 11.1 Å². The summed E-state index contributed by atoms with van der Waals surface area (Å²) in [6.45, 7) is 0. The van der Waals surface area contributed by atoms with Crippen molar-refractivity contribution in [2.24, 2.45) is 16.8 Å². The van der Waals surface area contributed by atoms with Crippen LogP contribution >= 0.6 is 0 Å². The van der Waals surface area contributed by atoms with Gasteiger partial charge in [-0.25, -0.2) is 0 Å². The molecule has 0 aromatic heterocycles. The molecule has 1 saturated heterocycles. The van der Waals surface area contributed by atoms with Gasteiger partial charge in [0, 0.05) is 5.56 Å². The van der Waals surface area contributed by atoms with Crippen LogP contribution in [0.25, 0.3) is 0 Å². The zero-order chi connectivity index (χ0) is 15.4. The lowest BCUT2D eigenvalue weighted by Gasteiger charge is -2.11. The third-order valence-electron chi connectivity index (χ3n) is 3.56. The Morgan fingerprint density at radius 3 is 2.71 bits per heavy atom. The molecule has 0 bridgehead atoms. The molecule has 0 unspecified atom stereocenters. The molecule has 112 valence electrons. The van der Waals surface area contributed by atoms with Crippen molar-refractivity contribution in [1.82, 2.24) is 5.32 Å². The van der Waals surface area contributed by atoms with Gasteiger partial charge in [0.05, 0.1) is 25.5 Å². The average Bonchev–Trinajstić information content (AvgIpc) is 2.87. The summed E-state index contributed by atoms with van der Waals surface area (Å²) < 4.78 is 4.59. The van der Waals surface area contributed by atoms with Crippen LogP contribution in [-0.2, 0) is 14.3 Å². The van der Waals surface area contributed by atoms with E-state index in [1.165, 1.54) is 7.11 Å². The van der Waals surface area contributed by atoms with Crippen LogP contribution in [0.2, 0.25) is 0 Å². The van der Waals surface area contributed by atoms with E-state index in [-0.39, 0.29) is 30.1 Å². The summed E-state index contributed by atoms with van der Waals surface area (Å²) in [5, 5.41) is 14.4. The minimum absolute atomic E-state index is 0.0283. The van der Waals surface area contributed by atoms with Crippen molar-refractivity contribution in [2.45, 2.75) is 18.9 Å².